The first-order valence-corrected chi connectivity index (χ1v) is 8.54. The highest BCUT2D eigenvalue weighted by atomic mass is 16.5. The van der Waals surface area contributed by atoms with E-state index in [9.17, 15) is 4.79 Å². The highest BCUT2D eigenvalue weighted by Crippen LogP contribution is 2.32. The molecule has 0 saturated carbocycles. The van der Waals surface area contributed by atoms with Crippen LogP contribution in [0.2, 0.25) is 0 Å². The number of ether oxygens (including phenoxy) is 2. The van der Waals surface area contributed by atoms with Gasteiger partial charge in [0.1, 0.15) is 11.4 Å². The summed E-state index contributed by atoms with van der Waals surface area (Å²) < 4.78 is 10.7. The van der Waals surface area contributed by atoms with Crippen molar-refractivity contribution in [1.29, 1.82) is 0 Å². The molecule has 1 aromatic heterocycles. The molecule has 1 fully saturated rings. The number of methoxy groups -OCH3 is 1. The molecule has 2 aliphatic rings. The Morgan fingerprint density at radius 2 is 2.00 bits per heavy atom. The normalized spacial score (nSPS) is 16.7. The number of anilines is 2. The maximum atomic E-state index is 13.0. The van der Waals surface area contributed by atoms with Crippen molar-refractivity contribution in [2.24, 2.45) is 0 Å². The number of fused-ring (bicyclic) bond motifs is 1. The van der Waals surface area contributed by atoms with Crippen molar-refractivity contribution in [3.8, 4) is 5.75 Å². The van der Waals surface area contributed by atoms with Crippen LogP contribution in [0.3, 0.4) is 0 Å². The molecule has 25 heavy (non-hydrogen) atoms. The first-order chi connectivity index (χ1) is 12.3. The maximum Gasteiger partial charge on any atom is 0.276 e. The van der Waals surface area contributed by atoms with E-state index >= 15 is 0 Å². The van der Waals surface area contributed by atoms with Gasteiger partial charge in [0, 0.05) is 37.2 Å². The van der Waals surface area contributed by atoms with Gasteiger partial charge in [0.15, 0.2) is 0 Å². The number of aromatic nitrogens is 1. The number of morpholine rings is 1. The molecule has 0 aliphatic carbocycles. The molecule has 6 nitrogen and oxygen atoms in total. The third-order valence-electron chi connectivity index (χ3n) is 4.77. The van der Waals surface area contributed by atoms with E-state index in [0.717, 1.165) is 42.2 Å². The summed E-state index contributed by atoms with van der Waals surface area (Å²) in [5, 5.41) is 0. The zero-order chi connectivity index (χ0) is 17.2. The Morgan fingerprint density at radius 3 is 2.80 bits per heavy atom. The average Bonchev–Trinajstić information content (AvgIpc) is 3.11. The van der Waals surface area contributed by atoms with E-state index in [1.165, 1.54) is 0 Å². The van der Waals surface area contributed by atoms with Crippen molar-refractivity contribution in [1.82, 2.24) is 4.98 Å². The lowest BCUT2D eigenvalue weighted by Gasteiger charge is -2.29. The minimum Gasteiger partial charge on any atom is -0.497 e. The summed E-state index contributed by atoms with van der Waals surface area (Å²) in [5.41, 5.74) is 3.59. The van der Waals surface area contributed by atoms with Gasteiger partial charge in [-0.2, -0.15) is 0 Å². The second-order valence-corrected chi connectivity index (χ2v) is 6.20. The number of pyridine rings is 1. The second kappa shape index (κ2) is 6.72. The summed E-state index contributed by atoms with van der Waals surface area (Å²) in [6.07, 6.45) is 2.55. The highest BCUT2D eigenvalue weighted by molar-refractivity contribution is 6.06. The van der Waals surface area contributed by atoms with Gasteiger partial charge in [-0.05, 0) is 42.3 Å². The third kappa shape index (κ3) is 3.05. The predicted octanol–water partition coefficient (Wildman–Crippen LogP) is 2.13. The molecule has 3 heterocycles. The van der Waals surface area contributed by atoms with Crippen LogP contribution in [0.5, 0.6) is 5.75 Å². The fourth-order valence-electron chi connectivity index (χ4n) is 3.41. The van der Waals surface area contributed by atoms with Crippen LogP contribution in [-0.2, 0) is 11.2 Å². The molecule has 2 aromatic rings. The molecule has 0 N–H and O–H groups in total. The summed E-state index contributed by atoms with van der Waals surface area (Å²) in [6, 6.07) is 9.67. The minimum atomic E-state index is -0.0565. The number of amides is 1. The topological polar surface area (TPSA) is 54.9 Å². The fourth-order valence-corrected chi connectivity index (χ4v) is 3.41. The van der Waals surface area contributed by atoms with Gasteiger partial charge in [0.05, 0.1) is 20.3 Å². The van der Waals surface area contributed by atoms with Gasteiger partial charge in [-0.1, -0.05) is 0 Å². The lowest BCUT2D eigenvalue weighted by atomic mass is 10.1. The lowest BCUT2D eigenvalue weighted by molar-refractivity contribution is 0.0984. The number of rotatable bonds is 3. The van der Waals surface area contributed by atoms with Gasteiger partial charge in [0.2, 0.25) is 0 Å². The lowest BCUT2D eigenvalue weighted by Crippen LogP contribution is -2.36. The molecule has 1 saturated heterocycles. The van der Waals surface area contributed by atoms with E-state index in [-0.39, 0.29) is 5.91 Å². The van der Waals surface area contributed by atoms with Crippen LogP contribution in [0.15, 0.2) is 36.5 Å². The number of hydrogen-bond acceptors (Lipinski definition) is 5. The van der Waals surface area contributed by atoms with Gasteiger partial charge < -0.3 is 19.3 Å². The molecule has 0 spiro atoms. The first-order valence-electron chi connectivity index (χ1n) is 8.54. The molecule has 0 radical (unpaired) electrons. The zero-order valence-corrected chi connectivity index (χ0v) is 14.3. The number of carbonyl (C=O) groups excluding carboxylic acids is 1. The quantitative estimate of drug-likeness (QED) is 0.857. The fraction of sp³-hybridized carbons (Fsp3) is 0.368. The van der Waals surface area contributed by atoms with Crippen LogP contribution in [-0.4, -0.2) is 50.8 Å². The first kappa shape index (κ1) is 15.9. The molecule has 1 aromatic carbocycles. The standard InChI is InChI=1S/C19H21N3O3/c1-24-16-2-3-18-14(12-16)5-7-22(18)19(23)17-13-15(4-6-20-17)21-8-10-25-11-9-21/h2-4,6,12-13H,5,7-11H2,1H3. The molecule has 0 atom stereocenters. The molecule has 6 heteroatoms. The third-order valence-corrected chi connectivity index (χ3v) is 4.77. The minimum absolute atomic E-state index is 0.0565. The summed E-state index contributed by atoms with van der Waals surface area (Å²) in [7, 11) is 1.65. The highest BCUT2D eigenvalue weighted by Gasteiger charge is 2.27. The van der Waals surface area contributed by atoms with Crippen LogP contribution in [0.4, 0.5) is 11.4 Å². The van der Waals surface area contributed by atoms with Crippen molar-refractivity contribution in [2.45, 2.75) is 6.42 Å². The summed E-state index contributed by atoms with van der Waals surface area (Å²) in [6.45, 7) is 3.78. The Balaban J connectivity index is 1.58. The smallest absolute Gasteiger partial charge is 0.276 e. The van der Waals surface area contributed by atoms with E-state index in [2.05, 4.69) is 9.88 Å². The summed E-state index contributed by atoms with van der Waals surface area (Å²) in [5.74, 6) is 0.763. The molecule has 1 amide bonds. The van der Waals surface area contributed by atoms with Crippen LogP contribution >= 0.6 is 0 Å². The second-order valence-electron chi connectivity index (χ2n) is 6.20. The number of carbonyl (C=O) groups is 1. The number of benzene rings is 1. The number of hydrogen-bond donors (Lipinski definition) is 0. The molecule has 4 rings (SSSR count). The van der Waals surface area contributed by atoms with Crippen molar-refractivity contribution in [2.75, 3.05) is 49.8 Å². The molecule has 0 unspecified atom stereocenters. The monoisotopic (exact) mass is 339 g/mol. The van der Waals surface area contributed by atoms with E-state index < -0.39 is 0 Å². The Hall–Kier alpha value is -2.60. The average molecular weight is 339 g/mol. The Bertz CT molecular complexity index is 787. The number of nitrogens with zero attached hydrogens (tertiary/aromatic N) is 3. The van der Waals surface area contributed by atoms with Crippen molar-refractivity contribution < 1.29 is 14.3 Å². The summed E-state index contributed by atoms with van der Waals surface area (Å²) >= 11 is 0. The van der Waals surface area contributed by atoms with E-state index in [4.69, 9.17) is 9.47 Å². The molecular formula is C19H21N3O3. The predicted molar refractivity (Wildman–Crippen MR) is 95.6 cm³/mol. The van der Waals surface area contributed by atoms with Crippen LogP contribution in [0.1, 0.15) is 16.1 Å². The molecule has 0 bridgehead atoms. The van der Waals surface area contributed by atoms with Crippen LogP contribution in [0, 0.1) is 0 Å². The maximum absolute atomic E-state index is 13.0. The molecular weight excluding hydrogens is 318 g/mol. The largest absolute Gasteiger partial charge is 0.497 e. The van der Waals surface area contributed by atoms with Gasteiger partial charge in [0.25, 0.3) is 5.91 Å². The zero-order valence-electron chi connectivity index (χ0n) is 14.3. The molecule has 2 aliphatic heterocycles. The Labute approximate surface area is 147 Å². The van der Waals surface area contributed by atoms with E-state index in [0.29, 0.717) is 25.5 Å². The Kier molecular flexibility index (Phi) is 4.28. The van der Waals surface area contributed by atoms with Gasteiger partial charge in [-0.15, -0.1) is 0 Å². The van der Waals surface area contributed by atoms with Gasteiger partial charge in [-0.25, -0.2) is 0 Å². The SMILES string of the molecule is COc1ccc2c(c1)CCN2C(=O)c1cc(N2CCOCC2)ccn1. The van der Waals surface area contributed by atoms with Crippen LogP contribution < -0.4 is 14.5 Å². The summed E-state index contributed by atoms with van der Waals surface area (Å²) in [4.78, 5) is 21.3. The van der Waals surface area contributed by atoms with Crippen molar-refractivity contribution in [3.05, 3.63) is 47.8 Å². The Morgan fingerprint density at radius 1 is 1.16 bits per heavy atom. The molecule has 130 valence electrons. The van der Waals surface area contributed by atoms with Gasteiger partial charge >= 0.3 is 0 Å². The van der Waals surface area contributed by atoms with Gasteiger partial charge in [-0.3, -0.25) is 9.78 Å². The van der Waals surface area contributed by atoms with Crippen LogP contribution in [0.25, 0.3) is 0 Å². The van der Waals surface area contributed by atoms with Crippen molar-refractivity contribution in [3.63, 3.8) is 0 Å². The van der Waals surface area contributed by atoms with Crippen molar-refractivity contribution >= 4 is 17.3 Å². The van der Waals surface area contributed by atoms with E-state index in [1.807, 2.05) is 30.3 Å². The van der Waals surface area contributed by atoms with E-state index in [1.54, 1.807) is 18.2 Å².